The van der Waals surface area contributed by atoms with Gasteiger partial charge in [-0.15, -0.1) is 0 Å². The Labute approximate surface area is 119 Å². The van der Waals surface area contributed by atoms with Crippen molar-refractivity contribution in [1.82, 2.24) is 4.98 Å². The van der Waals surface area contributed by atoms with E-state index in [0.29, 0.717) is 5.02 Å². The Kier molecular flexibility index (Phi) is 6.70. The number of nitrogens with zero attached hydrogens (tertiary/aromatic N) is 2. The zero-order chi connectivity index (χ0) is 12.0. The molecule has 1 aromatic rings. The third kappa shape index (κ3) is 4.22. The highest BCUT2D eigenvalue weighted by molar-refractivity contribution is 9.10. The largest absolute Gasteiger partial charge is 0.355 e. The summed E-state index contributed by atoms with van der Waals surface area (Å²) in [6.07, 6.45) is 4.04. The highest BCUT2D eigenvalue weighted by atomic mass is 79.9. The zero-order valence-electron chi connectivity index (χ0n) is 9.22. The SMILES string of the molecule is CCCCN(CCBr)c1ncc(Cl)cc1Br. The predicted molar refractivity (Wildman–Crippen MR) is 77.9 cm³/mol. The topological polar surface area (TPSA) is 16.1 Å². The second-order valence-corrected chi connectivity index (χ2v) is 5.57. The molecule has 1 aromatic heterocycles. The van der Waals surface area contributed by atoms with Crippen LogP contribution < -0.4 is 4.90 Å². The highest BCUT2D eigenvalue weighted by Crippen LogP contribution is 2.26. The lowest BCUT2D eigenvalue weighted by Gasteiger charge is -2.23. The van der Waals surface area contributed by atoms with Gasteiger partial charge in [0, 0.05) is 24.6 Å². The number of hydrogen-bond donors (Lipinski definition) is 0. The van der Waals surface area contributed by atoms with E-state index in [-0.39, 0.29) is 0 Å². The normalized spacial score (nSPS) is 10.5. The van der Waals surface area contributed by atoms with Crippen molar-refractivity contribution < 1.29 is 0 Å². The monoisotopic (exact) mass is 368 g/mol. The molecule has 0 aliphatic carbocycles. The van der Waals surface area contributed by atoms with E-state index in [0.717, 1.165) is 28.7 Å². The second-order valence-electron chi connectivity index (χ2n) is 3.49. The minimum Gasteiger partial charge on any atom is -0.355 e. The molecule has 0 saturated carbocycles. The number of rotatable bonds is 6. The van der Waals surface area contributed by atoms with Gasteiger partial charge in [0.15, 0.2) is 0 Å². The van der Waals surface area contributed by atoms with E-state index in [4.69, 9.17) is 11.6 Å². The first-order chi connectivity index (χ1) is 7.69. The van der Waals surface area contributed by atoms with Gasteiger partial charge in [0.05, 0.1) is 9.50 Å². The molecule has 0 amide bonds. The Morgan fingerprint density at radius 1 is 1.44 bits per heavy atom. The molecular weight excluding hydrogens is 355 g/mol. The van der Waals surface area contributed by atoms with Gasteiger partial charge in [0.2, 0.25) is 0 Å². The maximum absolute atomic E-state index is 5.88. The summed E-state index contributed by atoms with van der Waals surface area (Å²) >= 11 is 12.9. The number of alkyl halides is 1. The lowest BCUT2D eigenvalue weighted by molar-refractivity contribution is 0.726. The van der Waals surface area contributed by atoms with Crippen LogP contribution in [0.1, 0.15) is 19.8 Å². The Balaban J connectivity index is 2.82. The van der Waals surface area contributed by atoms with Crippen LogP contribution in [0.5, 0.6) is 0 Å². The number of halogens is 3. The van der Waals surface area contributed by atoms with Gasteiger partial charge in [-0.05, 0) is 28.4 Å². The quantitative estimate of drug-likeness (QED) is 0.686. The smallest absolute Gasteiger partial charge is 0.142 e. The minimum atomic E-state index is 0.657. The van der Waals surface area contributed by atoms with Crippen molar-refractivity contribution in [1.29, 1.82) is 0 Å². The Hall–Kier alpha value is 0.200. The van der Waals surface area contributed by atoms with Gasteiger partial charge in [-0.2, -0.15) is 0 Å². The highest BCUT2D eigenvalue weighted by Gasteiger charge is 2.10. The van der Waals surface area contributed by atoms with E-state index in [1.165, 1.54) is 12.8 Å². The third-order valence-electron chi connectivity index (χ3n) is 2.22. The molecule has 2 nitrogen and oxygen atoms in total. The van der Waals surface area contributed by atoms with E-state index < -0.39 is 0 Å². The molecule has 90 valence electrons. The van der Waals surface area contributed by atoms with E-state index in [1.807, 2.05) is 6.07 Å². The lowest BCUT2D eigenvalue weighted by Crippen LogP contribution is -2.27. The van der Waals surface area contributed by atoms with Gasteiger partial charge in [-0.3, -0.25) is 0 Å². The fraction of sp³-hybridized carbons (Fsp3) is 0.545. The molecule has 0 aliphatic rings. The molecule has 0 spiro atoms. The molecule has 1 rings (SSSR count). The summed E-state index contributed by atoms with van der Waals surface area (Å²) in [6, 6.07) is 1.89. The first kappa shape index (κ1) is 14.3. The van der Waals surface area contributed by atoms with Gasteiger partial charge < -0.3 is 4.90 Å². The number of pyridine rings is 1. The minimum absolute atomic E-state index is 0.657. The van der Waals surface area contributed by atoms with Crippen LogP contribution in [0.3, 0.4) is 0 Å². The van der Waals surface area contributed by atoms with Crippen molar-refractivity contribution in [2.45, 2.75) is 19.8 Å². The van der Waals surface area contributed by atoms with Crippen LogP contribution in [0, 0.1) is 0 Å². The van der Waals surface area contributed by atoms with Crippen LogP contribution in [0.4, 0.5) is 5.82 Å². The molecule has 0 N–H and O–H groups in total. The Morgan fingerprint density at radius 2 is 2.19 bits per heavy atom. The van der Waals surface area contributed by atoms with Gasteiger partial charge >= 0.3 is 0 Å². The average Bonchev–Trinajstić information content (AvgIpc) is 2.25. The standard InChI is InChI=1S/C11H15Br2ClN2/c1-2-3-5-16(6-4-12)11-10(13)7-9(14)8-15-11/h7-8H,2-6H2,1H3. The summed E-state index contributed by atoms with van der Waals surface area (Å²) in [4.78, 5) is 6.64. The molecule has 16 heavy (non-hydrogen) atoms. The fourth-order valence-electron chi connectivity index (χ4n) is 1.41. The maximum atomic E-state index is 5.88. The van der Waals surface area contributed by atoms with Gasteiger partial charge in [-0.25, -0.2) is 4.98 Å². The first-order valence-corrected chi connectivity index (χ1v) is 7.60. The number of aromatic nitrogens is 1. The predicted octanol–water partition coefficient (Wildman–Crippen LogP) is 4.50. The summed E-state index contributed by atoms with van der Waals surface area (Å²) in [7, 11) is 0. The maximum Gasteiger partial charge on any atom is 0.142 e. The van der Waals surface area contributed by atoms with Crippen LogP contribution >= 0.6 is 43.5 Å². The first-order valence-electron chi connectivity index (χ1n) is 5.31. The molecule has 0 atom stereocenters. The molecule has 0 bridgehead atoms. The van der Waals surface area contributed by atoms with Gasteiger partial charge in [0.1, 0.15) is 5.82 Å². The molecule has 0 aromatic carbocycles. The summed E-state index contributed by atoms with van der Waals surface area (Å²) in [5, 5.41) is 1.60. The van der Waals surface area contributed by atoms with Crippen molar-refractivity contribution in [3.63, 3.8) is 0 Å². The van der Waals surface area contributed by atoms with Crippen LogP contribution in [-0.2, 0) is 0 Å². The van der Waals surface area contributed by atoms with E-state index in [9.17, 15) is 0 Å². The average molecular weight is 371 g/mol. The second kappa shape index (κ2) is 7.51. The van der Waals surface area contributed by atoms with Gasteiger partial charge in [-0.1, -0.05) is 40.9 Å². The van der Waals surface area contributed by atoms with E-state index >= 15 is 0 Å². The summed E-state index contributed by atoms with van der Waals surface area (Å²) in [6.45, 7) is 4.17. The Bertz CT molecular complexity index is 334. The zero-order valence-corrected chi connectivity index (χ0v) is 13.1. The molecule has 0 saturated heterocycles. The summed E-state index contributed by atoms with van der Waals surface area (Å²) in [5.74, 6) is 0.970. The van der Waals surface area contributed by atoms with Crippen molar-refractivity contribution in [3.8, 4) is 0 Å². The summed E-state index contributed by atoms with van der Waals surface area (Å²) in [5.41, 5.74) is 0. The molecule has 0 radical (unpaired) electrons. The Morgan fingerprint density at radius 3 is 2.75 bits per heavy atom. The van der Waals surface area contributed by atoms with Crippen LogP contribution in [0.25, 0.3) is 0 Å². The van der Waals surface area contributed by atoms with Crippen LogP contribution in [0.15, 0.2) is 16.7 Å². The number of anilines is 1. The van der Waals surface area contributed by atoms with Crippen molar-refractivity contribution >= 4 is 49.3 Å². The van der Waals surface area contributed by atoms with Crippen LogP contribution in [0.2, 0.25) is 5.02 Å². The molecular formula is C11H15Br2ClN2. The van der Waals surface area contributed by atoms with E-state index in [2.05, 4.69) is 48.7 Å². The molecule has 0 unspecified atom stereocenters. The number of unbranched alkanes of at least 4 members (excludes halogenated alkanes) is 1. The summed E-state index contributed by atoms with van der Waals surface area (Å²) < 4.78 is 0.956. The van der Waals surface area contributed by atoms with E-state index in [1.54, 1.807) is 6.20 Å². The van der Waals surface area contributed by atoms with Gasteiger partial charge in [0.25, 0.3) is 0 Å². The third-order valence-corrected chi connectivity index (χ3v) is 3.37. The number of hydrogen-bond acceptors (Lipinski definition) is 2. The lowest BCUT2D eigenvalue weighted by atomic mass is 10.3. The van der Waals surface area contributed by atoms with Crippen LogP contribution in [-0.4, -0.2) is 23.4 Å². The molecule has 0 fully saturated rings. The molecule has 5 heteroatoms. The fourth-order valence-corrected chi connectivity index (χ4v) is 2.73. The molecule has 1 heterocycles. The van der Waals surface area contributed by atoms with Crippen molar-refractivity contribution in [3.05, 3.63) is 21.8 Å². The molecule has 0 aliphatic heterocycles. The van der Waals surface area contributed by atoms with Crippen molar-refractivity contribution in [2.75, 3.05) is 23.3 Å². The van der Waals surface area contributed by atoms with Crippen molar-refractivity contribution in [2.24, 2.45) is 0 Å².